The fourth-order valence-electron chi connectivity index (χ4n) is 1.81. The highest BCUT2D eigenvalue weighted by molar-refractivity contribution is 5.25. The summed E-state index contributed by atoms with van der Waals surface area (Å²) >= 11 is 0. The zero-order valence-corrected chi connectivity index (χ0v) is 8.53. The standard InChI is InChI=1S/C11H17N3/c1-8-4-5-13-7-10(8)11(14-12)6-9-2-3-9/h4-5,7,9,11,14H,2-3,6,12H2,1H3. The Bertz CT molecular complexity index is 307. The topological polar surface area (TPSA) is 50.9 Å². The summed E-state index contributed by atoms with van der Waals surface area (Å²) in [6.07, 6.45) is 7.60. The molecule has 0 radical (unpaired) electrons. The number of aryl methyl sites for hydroxylation is 1. The number of nitrogens with one attached hydrogen (secondary N) is 1. The number of hydrazine groups is 1. The Morgan fingerprint density at radius 2 is 2.43 bits per heavy atom. The summed E-state index contributed by atoms with van der Waals surface area (Å²) in [5.74, 6) is 6.44. The van der Waals surface area contributed by atoms with Gasteiger partial charge in [-0.3, -0.25) is 16.3 Å². The minimum atomic E-state index is 0.274. The molecular formula is C11H17N3. The van der Waals surface area contributed by atoms with Crippen LogP contribution in [0.4, 0.5) is 0 Å². The van der Waals surface area contributed by atoms with Gasteiger partial charge in [-0.1, -0.05) is 12.8 Å². The normalized spacial score (nSPS) is 18.1. The van der Waals surface area contributed by atoms with E-state index in [-0.39, 0.29) is 6.04 Å². The summed E-state index contributed by atoms with van der Waals surface area (Å²) in [5, 5.41) is 0. The fourth-order valence-corrected chi connectivity index (χ4v) is 1.81. The number of pyridine rings is 1. The molecule has 1 fully saturated rings. The zero-order chi connectivity index (χ0) is 9.97. The maximum atomic E-state index is 5.57. The van der Waals surface area contributed by atoms with Gasteiger partial charge >= 0.3 is 0 Å². The van der Waals surface area contributed by atoms with Gasteiger partial charge in [-0.25, -0.2) is 0 Å². The van der Waals surface area contributed by atoms with Crippen molar-refractivity contribution in [1.29, 1.82) is 0 Å². The largest absolute Gasteiger partial charge is 0.271 e. The first-order valence-corrected chi connectivity index (χ1v) is 5.18. The number of nitrogens with two attached hydrogens (primary N) is 1. The average Bonchev–Trinajstić information content (AvgIpc) is 2.99. The highest BCUT2D eigenvalue weighted by Crippen LogP contribution is 2.37. The molecular weight excluding hydrogens is 174 g/mol. The number of hydrogen-bond donors (Lipinski definition) is 2. The molecule has 0 spiro atoms. The molecule has 3 nitrogen and oxygen atoms in total. The second-order valence-corrected chi connectivity index (χ2v) is 4.13. The lowest BCUT2D eigenvalue weighted by Crippen LogP contribution is -2.29. The molecule has 1 aromatic heterocycles. The molecule has 1 aliphatic rings. The molecule has 76 valence electrons. The van der Waals surface area contributed by atoms with Crippen LogP contribution in [-0.4, -0.2) is 4.98 Å². The molecule has 1 saturated carbocycles. The molecule has 1 heterocycles. The summed E-state index contributed by atoms with van der Waals surface area (Å²) in [7, 11) is 0. The monoisotopic (exact) mass is 191 g/mol. The van der Waals surface area contributed by atoms with Gasteiger partial charge in [0, 0.05) is 18.4 Å². The number of hydrogen-bond acceptors (Lipinski definition) is 3. The van der Waals surface area contributed by atoms with Crippen molar-refractivity contribution < 1.29 is 0 Å². The van der Waals surface area contributed by atoms with Crippen LogP contribution in [0.25, 0.3) is 0 Å². The molecule has 3 heteroatoms. The Morgan fingerprint density at radius 1 is 1.64 bits per heavy atom. The van der Waals surface area contributed by atoms with Gasteiger partial charge in [0.2, 0.25) is 0 Å². The van der Waals surface area contributed by atoms with Gasteiger partial charge in [-0.2, -0.15) is 0 Å². The molecule has 0 saturated heterocycles. The van der Waals surface area contributed by atoms with E-state index in [9.17, 15) is 0 Å². The zero-order valence-electron chi connectivity index (χ0n) is 8.53. The van der Waals surface area contributed by atoms with E-state index in [1.54, 1.807) is 0 Å². The van der Waals surface area contributed by atoms with E-state index in [0.29, 0.717) is 0 Å². The molecule has 1 unspecified atom stereocenters. The van der Waals surface area contributed by atoms with Crippen LogP contribution >= 0.6 is 0 Å². The van der Waals surface area contributed by atoms with Crippen molar-refractivity contribution in [3.05, 3.63) is 29.6 Å². The van der Waals surface area contributed by atoms with Gasteiger partial charge in [0.1, 0.15) is 0 Å². The Morgan fingerprint density at radius 3 is 3.00 bits per heavy atom. The van der Waals surface area contributed by atoms with Gasteiger partial charge in [0.15, 0.2) is 0 Å². The Balaban J connectivity index is 2.12. The van der Waals surface area contributed by atoms with Crippen molar-refractivity contribution >= 4 is 0 Å². The molecule has 1 aromatic rings. The van der Waals surface area contributed by atoms with Crippen molar-refractivity contribution in [2.45, 2.75) is 32.2 Å². The van der Waals surface area contributed by atoms with E-state index in [2.05, 4.69) is 17.3 Å². The summed E-state index contributed by atoms with van der Waals surface area (Å²) in [4.78, 5) is 4.15. The fraction of sp³-hybridized carbons (Fsp3) is 0.545. The maximum absolute atomic E-state index is 5.57. The Labute approximate surface area is 84.7 Å². The number of nitrogens with zero attached hydrogens (tertiary/aromatic N) is 1. The lowest BCUT2D eigenvalue weighted by molar-refractivity contribution is 0.484. The van der Waals surface area contributed by atoms with Crippen LogP contribution in [0.3, 0.4) is 0 Å². The van der Waals surface area contributed by atoms with E-state index in [1.165, 1.54) is 24.0 Å². The van der Waals surface area contributed by atoms with E-state index >= 15 is 0 Å². The SMILES string of the molecule is Cc1ccncc1C(CC1CC1)NN. The van der Waals surface area contributed by atoms with E-state index < -0.39 is 0 Å². The third kappa shape index (κ3) is 2.11. The smallest absolute Gasteiger partial charge is 0.0480 e. The van der Waals surface area contributed by atoms with E-state index in [4.69, 9.17) is 5.84 Å². The minimum absolute atomic E-state index is 0.274. The van der Waals surface area contributed by atoms with Gasteiger partial charge in [0.05, 0.1) is 0 Å². The third-order valence-corrected chi connectivity index (χ3v) is 2.92. The highest BCUT2D eigenvalue weighted by Gasteiger charge is 2.26. The minimum Gasteiger partial charge on any atom is -0.271 e. The Kier molecular flexibility index (Phi) is 2.79. The lowest BCUT2D eigenvalue weighted by atomic mass is 10.00. The van der Waals surface area contributed by atoms with Crippen LogP contribution < -0.4 is 11.3 Å². The van der Waals surface area contributed by atoms with Crippen LogP contribution in [-0.2, 0) is 0 Å². The predicted molar refractivity (Wildman–Crippen MR) is 56.4 cm³/mol. The molecule has 2 rings (SSSR count). The first-order valence-electron chi connectivity index (χ1n) is 5.18. The molecule has 0 bridgehead atoms. The Hall–Kier alpha value is -0.930. The summed E-state index contributed by atoms with van der Waals surface area (Å²) in [6.45, 7) is 2.11. The molecule has 14 heavy (non-hydrogen) atoms. The second kappa shape index (κ2) is 4.07. The number of aromatic nitrogens is 1. The quantitative estimate of drug-likeness (QED) is 0.562. The van der Waals surface area contributed by atoms with Gasteiger partial charge in [-0.15, -0.1) is 0 Å². The summed E-state index contributed by atoms with van der Waals surface area (Å²) in [5.41, 5.74) is 5.40. The van der Waals surface area contributed by atoms with Crippen LogP contribution in [0, 0.1) is 12.8 Å². The number of rotatable bonds is 4. The summed E-state index contributed by atoms with van der Waals surface area (Å²) in [6, 6.07) is 2.31. The maximum Gasteiger partial charge on any atom is 0.0480 e. The molecule has 0 amide bonds. The van der Waals surface area contributed by atoms with Crippen molar-refractivity contribution in [1.82, 2.24) is 10.4 Å². The average molecular weight is 191 g/mol. The highest BCUT2D eigenvalue weighted by atomic mass is 15.2. The first-order chi connectivity index (χ1) is 6.81. The van der Waals surface area contributed by atoms with Crippen molar-refractivity contribution in [2.24, 2.45) is 11.8 Å². The van der Waals surface area contributed by atoms with E-state index in [0.717, 1.165) is 12.3 Å². The van der Waals surface area contributed by atoms with Crippen molar-refractivity contribution in [3.63, 3.8) is 0 Å². The van der Waals surface area contributed by atoms with Crippen LogP contribution in [0.1, 0.15) is 36.4 Å². The van der Waals surface area contributed by atoms with Gasteiger partial charge in [-0.05, 0) is 36.5 Å². The summed E-state index contributed by atoms with van der Waals surface area (Å²) < 4.78 is 0. The van der Waals surface area contributed by atoms with Gasteiger partial charge < -0.3 is 0 Å². The predicted octanol–water partition coefficient (Wildman–Crippen LogP) is 1.69. The van der Waals surface area contributed by atoms with Crippen LogP contribution in [0.5, 0.6) is 0 Å². The van der Waals surface area contributed by atoms with Crippen molar-refractivity contribution in [3.8, 4) is 0 Å². The molecule has 1 atom stereocenters. The molecule has 0 aliphatic heterocycles. The van der Waals surface area contributed by atoms with Crippen LogP contribution in [0.2, 0.25) is 0 Å². The van der Waals surface area contributed by atoms with Crippen LogP contribution in [0.15, 0.2) is 18.5 Å². The lowest BCUT2D eigenvalue weighted by Gasteiger charge is -2.17. The van der Waals surface area contributed by atoms with Crippen molar-refractivity contribution in [2.75, 3.05) is 0 Å². The molecule has 0 aromatic carbocycles. The third-order valence-electron chi connectivity index (χ3n) is 2.92. The second-order valence-electron chi connectivity index (χ2n) is 4.13. The van der Waals surface area contributed by atoms with Gasteiger partial charge in [0.25, 0.3) is 0 Å². The first kappa shape index (κ1) is 9.62. The molecule has 1 aliphatic carbocycles. The molecule has 3 N–H and O–H groups in total. The van der Waals surface area contributed by atoms with E-state index in [1.807, 2.05) is 18.5 Å².